The van der Waals surface area contributed by atoms with Gasteiger partial charge in [0.2, 0.25) is 0 Å². The maximum atomic E-state index is 12.8. The predicted molar refractivity (Wildman–Crippen MR) is 251 cm³/mol. The molecule has 3 aromatic carbocycles. The number of carbonyl (C=O) groups excluding carboxylic acids is 6. The number of amides is 6. The second-order valence-electron chi connectivity index (χ2n) is 17.2. The van der Waals surface area contributed by atoms with E-state index in [2.05, 4.69) is 16.3 Å². The van der Waals surface area contributed by atoms with Gasteiger partial charge >= 0.3 is 17.7 Å². The van der Waals surface area contributed by atoms with Crippen molar-refractivity contribution < 1.29 is 42.0 Å². The Morgan fingerprint density at radius 2 is 0.773 bits per heavy atom. The molecular weight excluding hydrogens is 911 g/mol. The SMILES string of the molecule is CC(C)(C)N(NC(=O)c1ccco1)C(=O)c1ccc(Cl)cc1.CC(C)(C)N(NC(=O)c1ccco1)C(=O)c1ccc(Cl)cc1Cl.CC(C)(C)N(NC(=O)c1ccco1)C(=O)c1ccccc1. The van der Waals surface area contributed by atoms with E-state index < -0.39 is 40.2 Å². The third-order valence-electron chi connectivity index (χ3n) is 8.77. The van der Waals surface area contributed by atoms with Crippen molar-refractivity contribution in [1.29, 1.82) is 0 Å². The molecule has 348 valence electrons. The summed E-state index contributed by atoms with van der Waals surface area (Å²) in [4.78, 5) is 74.4. The quantitative estimate of drug-likeness (QED) is 0.137. The second-order valence-corrected chi connectivity index (χ2v) is 18.5. The normalized spacial score (nSPS) is 11.1. The van der Waals surface area contributed by atoms with Crippen LogP contribution in [0.2, 0.25) is 15.1 Å². The van der Waals surface area contributed by atoms with Crippen LogP contribution < -0.4 is 16.3 Å². The number of hydrogen-bond acceptors (Lipinski definition) is 9. The van der Waals surface area contributed by atoms with Crippen molar-refractivity contribution in [3.63, 3.8) is 0 Å². The van der Waals surface area contributed by atoms with Gasteiger partial charge in [-0.25, -0.2) is 15.0 Å². The van der Waals surface area contributed by atoms with E-state index >= 15 is 0 Å². The predicted octanol–water partition coefficient (Wildman–Crippen LogP) is 10.6. The lowest BCUT2D eigenvalue weighted by Gasteiger charge is -2.35. The summed E-state index contributed by atoms with van der Waals surface area (Å²) in [5, 5.41) is 4.98. The van der Waals surface area contributed by atoms with Crippen molar-refractivity contribution in [2.75, 3.05) is 0 Å². The fraction of sp³-hybridized carbons (Fsp3) is 0.250. The molecule has 0 aliphatic heterocycles. The summed E-state index contributed by atoms with van der Waals surface area (Å²) in [6, 6.07) is 29.3. The summed E-state index contributed by atoms with van der Waals surface area (Å²) in [7, 11) is 0. The Labute approximate surface area is 397 Å². The second kappa shape index (κ2) is 22.4. The number of nitrogens with zero attached hydrogens (tertiary/aromatic N) is 3. The van der Waals surface area contributed by atoms with Gasteiger partial charge in [0.1, 0.15) is 0 Å². The highest BCUT2D eigenvalue weighted by Gasteiger charge is 2.33. The van der Waals surface area contributed by atoms with E-state index in [-0.39, 0.29) is 39.7 Å². The summed E-state index contributed by atoms with van der Waals surface area (Å²) >= 11 is 17.8. The maximum absolute atomic E-state index is 12.8. The van der Waals surface area contributed by atoms with Gasteiger partial charge in [-0.3, -0.25) is 45.0 Å². The van der Waals surface area contributed by atoms with Crippen molar-refractivity contribution in [2.24, 2.45) is 0 Å². The summed E-state index contributed by atoms with van der Waals surface area (Å²) in [5.41, 5.74) is 7.07. The molecule has 0 bridgehead atoms. The van der Waals surface area contributed by atoms with Crippen LogP contribution in [0.4, 0.5) is 0 Å². The largest absolute Gasteiger partial charge is 0.459 e. The highest BCUT2D eigenvalue weighted by atomic mass is 35.5. The molecule has 0 saturated heterocycles. The van der Waals surface area contributed by atoms with E-state index in [4.69, 9.17) is 48.1 Å². The number of benzene rings is 3. The topological polar surface area (TPSA) is 188 Å². The fourth-order valence-corrected chi connectivity index (χ4v) is 6.09. The minimum Gasteiger partial charge on any atom is -0.459 e. The molecule has 66 heavy (non-hydrogen) atoms. The van der Waals surface area contributed by atoms with Crippen LogP contribution in [0.1, 0.15) is 125 Å². The van der Waals surface area contributed by atoms with Crippen molar-refractivity contribution in [1.82, 2.24) is 31.3 Å². The Hall–Kier alpha value is -6.81. The Kier molecular flexibility index (Phi) is 17.6. The minimum atomic E-state index is -0.678. The maximum Gasteiger partial charge on any atom is 0.305 e. The van der Waals surface area contributed by atoms with Gasteiger partial charge < -0.3 is 13.3 Å². The van der Waals surface area contributed by atoms with E-state index in [1.807, 2.05) is 47.6 Å². The van der Waals surface area contributed by atoms with E-state index in [9.17, 15) is 28.8 Å². The van der Waals surface area contributed by atoms with Gasteiger partial charge in [0.25, 0.3) is 17.7 Å². The zero-order valence-electron chi connectivity index (χ0n) is 37.8. The van der Waals surface area contributed by atoms with Gasteiger partial charge in [0.05, 0.1) is 46.0 Å². The zero-order valence-corrected chi connectivity index (χ0v) is 40.0. The molecule has 6 aromatic rings. The van der Waals surface area contributed by atoms with Crippen molar-refractivity contribution in [2.45, 2.75) is 78.9 Å². The molecule has 6 amide bonds. The number of rotatable bonds is 6. The first kappa shape index (κ1) is 51.8. The average Bonchev–Trinajstić information content (AvgIpc) is 4.09. The molecule has 6 rings (SSSR count). The molecule has 0 atom stereocenters. The Morgan fingerprint density at radius 3 is 1.11 bits per heavy atom. The van der Waals surface area contributed by atoms with E-state index in [0.29, 0.717) is 21.2 Å². The molecule has 0 aliphatic rings. The first-order valence-electron chi connectivity index (χ1n) is 20.2. The van der Waals surface area contributed by atoms with Crippen LogP contribution in [-0.4, -0.2) is 67.1 Å². The Balaban J connectivity index is 0.000000217. The minimum absolute atomic E-state index is 0.106. The number of furan rings is 3. The van der Waals surface area contributed by atoms with Gasteiger partial charge in [-0.05, 0) is 153 Å². The number of halogens is 3. The van der Waals surface area contributed by atoms with E-state index in [0.717, 1.165) is 0 Å². The molecular formula is C48H51Cl3N6O9. The van der Waals surface area contributed by atoms with Gasteiger partial charge in [0, 0.05) is 21.2 Å². The van der Waals surface area contributed by atoms with Crippen LogP contribution >= 0.6 is 34.8 Å². The fourth-order valence-electron chi connectivity index (χ4n) is 5.48. The van der Waals surface area contributed by atoms with E-state index in [1.54, 1.807) is 99.6 Å². The summed E-state index contributed by atoms with van der Waals surface area (Å²) in [6.07, 6.45) is 4.20. The molecule has 18 heteroatoms. The summed E-state index contributed by atoms with van der Waals surface area (Å²) < 4.78 is 15.1. The first-order valence-corrected chi connectivity index (χ1v) is 21.3. The van der Waals surface area contributed by atoms with Crippen molar-refractivity contribution in [3.05, 3.63) is 177 Å². The lowest BCUT2D eigenvalue weighted by Crippen LogP contribution is -2.55. The molecule has 0 saturated carbocycles. The van der Waals surface area contributed by atoms with Crippen LogP contribution in [0, 0.1) is 0 Å². The van der Waals surface area contributed by atoms with Gasteiger partial charge in [-0.2, -0.15) is 0 Å². The molecule has 3 heterocycles. The third-order valence-corrected chi connectivity index (χ3v) is 9.57. The Bertz CT molecular complexity index is 2560. The van der Waals surface area contributed by atoms with Gasteiger partial charge in [-0.1, -0.05) is 53.0 Å². The van der Waals surface area contributed by atoms with Crippen LogP contribution in [0.5, 0.6) is 0 Å². The van der Waals surface area contributed by atoms with E-state index in [1.165, 1.54) is 58.1 Å². The first-order chi connectivity index (χ1) is 30.9. The highest BCUT2D eigenvalue weighted by Crippen LogP contribution is 2.25. The summed E-state index contributed by atoms with van der Waals surface area (Å²) in [5.74, 6) is -2.12. The smallest absolute Gasteiger partial charge is 0.305 e. The lowest BCUT2D eigenvalue weighted by molar-refractivity contribution is 0.0347. The molecule has 0 aliphatic carbocycles. The third kappa shape index (κ3) is 14.6. The van der Waals surface area contributed by atoms with Crippen LogP contribution in [0.25, 0.3) is 0 Å². The van der Waals surface area contributed by atoms with Crippen molar-refractivity contribution >= 4 is 70.2 Å². The van der Waals surface area contributed by atoms with Crippen LogP contribution in [0.3, 0.4) is 0 Å². The molecule has 0 unspecified atom stereocenters. The average molecular weight is 962 g/mol. The highest BCUT2D eigenvalue weighted by molar-refractivity contribution is 6.36. The summed E-state index contributed by atoms with van der Waals surface area (Å²) in [6.45, 7) is 16.4. The number of carbonyl (C=O) groups is 6. The number of hydrogen-bond donors (Lipinski definition) is 3. The Morgan fingerprint density at radius 1 is 0.424 bits per heavy atom. The van der Waals surface area contributed by atoms with Crippen molar-refractivity contribution in [3.8, 4) is 0 Å². The van der Waals surface area contributed by atoms with Crippen LogP contribution in [0.15, 0.2) is 141 Å². The zero-order chi connectivity index (χ0) is 49.0. The molecule has 0 fully saturated rings. The molecule has 3 aromatic heterocycles. The standard InChI is InChI=1S/C16H16Cl2N2O3.C16H17ClN2O3.C16H18N2O3/c1-16(2,3)20(19-14(21)13-5-4-8-23-13)15(22)11-7-6-10(17)9-12(11)18;1-16(2,3)19(18-14(20)13-5-4-10-22-13)15(21)11-6-8-12(17)9-7-11;1-16(2,3)18(15(20)12-8-5-4-6-9-12)17-14(19)13-10-7-11-21-13/h4-9H,1-3H3,(H,19,21);4-10H,1-3H3,(H,18,20);4-11H,1-3H3,(H,17,19). The molecule has 0 radical (unpaired) electrons. The molecule has 3 N–H and O–H groups in total. The van der Waals surface area contributed by atoms with Crippen LogP contribution in [-0.2, 0) is 0 Å². The van der Waals surface area contributed by atoms with Gasteiger partial charge in [0.15, 0.2) is 17.3 Å². The monoisotopic (exact) mass is 960 g/mol. The van der Waals surface area contributed by atoms with Gasteiger partial charge in [-0.15, -0.1) is 0 Å². The number of nitrogens with one attached hydrogen (secondary N) is 3. The molecule has 15 nitrogen and oxygen atoms in total. The number of hydrazine groups is 3. The molecule has 0 spiro atoms. The lowest BCUT2D eigenvalue weighted by atomic mass is 10.1.